The second kappa shape index (κ2) is 9.82. The quantitative estimate of drug-likeness (QED) is 0.414. The summed E-state index contributed by atoms with van der Waals surface area (Å²) in [7, 11) is 0. The van der Waals surface area contributed by atoms with E-state index in [1.54, 1.807) is 0 Å². The molecule has 0 spiro atoms. The van der Waals surface area contributed by atoms with E-state index in [0.29, 0.717) is 0 Å². The van der Waals surface area contributed by atoms with E-state index in [9.17, 15) is 0 Å². The normalized spacial score (nSPS) is 13.6. The number of benzene rings is 1. The van der Waals surface area contributed by atoms with Gasteiger partial charge in [-0.1, -0.05) is 36.8 Å². The van der Waals surface area contributed by atoms with Gasteiger partial charge in [-0.05, 0) is 50.0 Å². The average Bonchev–Trinajstić information content (AvgIpc) is 2.45. The van der Waals surface area contributed by atoms with Gasteiger partial charge in [-0.3, -0.25) is 0 Å². The molecule has 2 unspecified atom stereocenters. The number of hydrogen-bond donors (Lipinski definition) is 2. The number of isothiocyanates is 1. The molecular formula is C15H23N3S. The van der Waals surface area contributed by atoms with Crippen molar-refractivity contribution in [3.05, 3.63) is 35.9 Å². The van der Waals surface area contributed by atoms with E-state index >= 15 is 0 Å². The van der Waals surface area contributed by atoms with Gasteiger partial charge in [0.1, 0.15) is 0 Å². The van der Waals surface area contributed by atoms with Crippen LogP contribution in [0.5, 0.6) is 0 Å². The van der Waals surface area contributed by atoms with Crippen molar-refractivity contribution in [2.24, 2.45) is 16.5 Å². The highest BCUT2D eigenvalue weighted by Gasteiger charge is 2.11. The Bertz CT molecular complexity index is 388. The molecule has 0 bridgehead atoms. The molecule has 19 heavy (non-hydrogen) atoms. The minimum absolute atomic E-state index is 0.0681. The number of nitrogens with zero attached hydrogens (tertiary/aromatic N) is 1. The van der Waals surface area contributed by atoms with E-state index < -0.39 is 0 Å². The molecule has 1 aromatic carbocycles. The largest absolute Gasteiger partial charge is 0.330 e. The highest BCUT2D eigenvalue weighted by atomic mass is 32.1. The Hall–Kier alpha value is -1.06. The first kappa shape index (κ1) is 16.0. The van der Waals surface area contributed by atoms with Crippen molar-refractivity contribution in [3.63, 3.8) is 0 Å². The summed E-state index contributed by atoms with van der Waals surface area (Å²) in [6.07, 6.45) is 5.00. The van der Waals surface area contributed by atoms with Crippen molar-refractivity contribution in [1.82, 2.24) is 0 Å². The Morgan fingerprint density at radius 2 is 1.84 bits per heavy atom. The van der Waals surface area contributed by atoms with Crippen LogP contribution in [0.1, 0.15) is 43.7 Å². The molecule has 0 saturated carbocycles. The van der Waals surface area contributed by atoms with Gasteiger partial charge in [-0.25, -0.2) is 4.99 Å². The first-order valence-corrected chi connectivity index (χ1v) is 7.26. The Labute approximate surface area is 121 Å². The molecule has 0 aromatic heterocycles. The van der Waals surface area contributed by atoms with Gasteiger partial charge in [0, 0.05) is 6.04 Å². The third-order valence-corrected chi connectivity index (χ3v) is 3.37. The summed E-state index contributed by atoms with van der Waals surface area (Å²) >= 11 is 4.71. The van der Waals surface area contributed by atoms with Crippen molar-refractivity contribution in [3.8, 4) is 0 Å². The van der Waals surface area contributed by atoms with Crippen LogP contribution in [-0.2, 0) is 0 Å². The lowest BCUT2D eigenvalue weighted by Gasteiger charge is -2.15. The van der Waals surface area contributed by atoms with Crippen molar-refractivity contribution >= 4 is 17.4 Å². The zero-order valence-electron chi connectivity index (χ0n) is 11.3. The van der Waals surface area contributed by atoms with E-state index in [1.807, 2.05) is 18.2 Å². The first-order chi connectivity index (χ1) is 9.27. The molecule has 1 aromatic rings. The van der Waals surface area contributed by atoms with E-state index in [2.05, 4.69) is 22.3 Å². The van der Waals surface area contributed by atoms with Crippen LogP contribution < -0.4 is 11.5 Å². The number of thiocarbonyl (C=S) groups is 1. The number of hydrogen-bond acceptors (Lipinski definition) is 4. The molecule has 0 aliphatic rings. The molecule has 3 nitrogen and oxygen atoms in total. The van der Waals surface area contributed by atoms with Crippen LogP contribution in [-0.4, -0.2) is 17.7 Å². The third kappa shape index (κ3) is 6.60. The van der Waals surface area contributed by atoms with Crippen LogP contribution in [0.4, 0.5) is 0 Å². The zero-order valence-corrected chi connectivity index (χ0v) is 12.1. The maximum atomic E-state index is 6.19. The number of aliphatic imine (C=N–C) groups is 1. The van der Waals surface area contributed by atoms with Crippen molar-refractivity contribution in [2.45, 2.75) is 44.2 Å². The smallest absolute Gasteiger partial charge is 0.0603 e. The van der Waals surface area contributed by atoms with E-state index in [1.165, 1.54) is 5.56 Å². The number of rotatable bonds is 9. The molecule has 4 N–H and O–H groups in total. The van der Waals surface area contributed by atoms with Crippen LogP contribution in [0.15, 0.2) is 35.3 Å². The summed E-state index contributed by atoms with van der Waals surface area (Å²) in [4.78, 5) is 4.23. The van der Waals surface area contributed by atoms with Crippen LogP contribution in [0.2, 0.25) is 0 Å². The fourth-order valence-corrected chi connectivity index (χ4v) is 2.26. The predicted molar refractivity (Wildman–Crippen MR) is 84.3 cm³/mol. The maximum absolute atomic E-state index is 6.19. The monoisotopic (exact) mass is 277 g/mol. The lowest BCUT2D eigenvalue weighted by Crippen LogP contribution is -2.14. The molecule has 1 rings (SSSR count). The van der Waals surface area contributed by atoms with E-state index in [4.69, 9.17) is 23.7 Å². The topological polar surface area (TPSA) is 64.4 Å². The summed E-state index contributed by atoms with van der Waals surface area (Å²) in [5.41, 5.74) is 12.9. The molecule has 0 fully saturated rings. The van der Waals surface area contributed by atoms with Crippen molar-refractivity contribution < 1.29 is 0 Å². The average molecular weight is 277 g/mol. The Morgan fingerprint density at radius 1 is 1.11 bits per heavy atom. The third-order valence-electron chi connectivity index (χ3n) is 3.27. The Kier molecular flexibility index (Phi) is 8.26. The van der Waals surface area contributed by atoms with Crippen molar-refractivity contribution in [2.75, 3.05) is 6.54 Å². The van der Waals surface area contributed by atoms with Gasteiger partial charge in [0.15, 0.2) is 0 Å². The summed E-state index contributed by atoms with van der Waals surface area (Å²) in [5.74, 6) is 0. The Balaban J connectivity index is 2.40. The molecule has 0 heterocycles. The molecule has 0 aliphatic heterocycles. The van der Waals surface area contributed by atoms with Gasteiger partial charge in [-0.15, -0.1) is 0 Å². The van der Waals surface area contributed by atoms with Gasteiger partial charge in [0.25, 0.3) is 0 Å². The van der Waals surface area contributed by atoms with Gasteiger partial charge in [-0.2, -0.15) is 0 Å². The van der Waals surface area contributed by atoms with Crippen LogP contribution in [0.3, 0.4) is 0 Å². The molecule has 2 atom stereocenters. The molecule has 4 heteroatoms. The highest BCUT2D eigenvalue weighted by Crippen LogP contribution is 2.19. The van der Waals surface area contributed by atoms with Crippen LogP contribution in [0, 0.1) is 0 Å². The number of nitrogens with two attached hydrogens (primary N) is 2. The van der Waals surface area contributed by atoms with Gasteiger partial charge in [0.2, 0.25) is 0 Å². The summed E-state index contributed by atoms with van der Waals surface area (Å²) in [6.45, 7) is 0.734. The molecule has 104 valence electrons. The highest BCUT2D eigenvalue weighted by molar-refractivity contribution is 7.78. The summed E-state index contributed by atoms with van der Waals surface area (Å²) < 4.78 is 0. The first-order valence-electron chi connectivity index (χ1n) is 6.85. The minimum Gasteiger partial charge on any atom is -0.330 e. The summed E-state index contributed by atoms with van der Waals surface area (Å²) in [6, 6.07) is 10.5. The van der Waals surface area contributed by atoms with Crippen LogP contribution in [0.25, 0.3) is 0 Å². The standard InChI is InChI=1S/C15H23N3S/c16-11-5-4-8-14(18-12-19)9-10-15(17)13-6-2-1-3-7-13/h1-3,6-7,14-15H,4-5,8-11,16-17H2. The fourth-order valence-electron chi connectivity index (χ4n) is 2.11. The molecular weight excluding hydrogens is 254 g/mol. The second-order valence-corrected chi connectivity index (χ2v) is 4.94. The second-order valence-electron chi connectivity index (χ2n) is 4.75. The van der Waals surface area contributed by atoms with E-state index in [-0.39, 0.29) is 12.1 Å². The fraction of sp³-hybridized carbons (Fsp3) is 0.533. The minimum atomic E-state index is 0.0681. The van der Waals surface area contributed by atoms with E-state index in [0.717, 1.165) is 38.6 Å². The molecule has 0 saturated heterocycles. The van der Waals surface area contributed by atoms with Gasteiger partial charge < -0.3 is 11.5 Å². The van der Waals surface area contributed by atoms with Gasteiger partial charge >= 0.3 is 0 Å². The maximum Gasteiger partial charge on any atom is 0.0603 e. The molecule has 0 radical (unpaired) electrons. The Morgan fingerprint density at radius 3 is 2.47 bits per heavy atom. The summed E-state index contributed by atoms with van der Waals surface area (Å²) in [5, 5.41) is 2.49. The van der Waals surface area contributed by atoms with Crippen LogP contribution >= 0.6 is 12.2 Å². The molecule has 0 aliphatic carbocycles. The predicted octanol–water partition coefficient (Wildman–Crippen LogP) is 3.07. The van der Waals surface area contributed by atoms with Crippen molar-refractivity contribution in [1.29, 1.82) is 0 Å². The van der Waals surface area contributed by atoms with Gasteiger partial charge in [0.05, 0.1) is 11.2 Å². The zero-order chi connectivity index (χ0) is 13.9. The molecule has 0 amide bonds. The lowest BCUT2D eigenvalue weighted by atomic mass is 9.98. The lowest BCUT2D eigenvalue weighted by molar-refractivity contribution is 0.492. The SMILES string of the molecule is NCCCCC(CCC(N)c1ccccc1)N=C=S. The number of unbranched alkanes of at least 4 members (excludes halogenated alkanes) is 1.